The summed E-state index contributed by atoms with van der Waals surface area (Å²) in [6, 6.07) is 16.0. The zero-order chi connectivity index (χ0) is 19.9. The number of nitrogens with zero attached hydrogens (tertiary/aromatic N) is 2. The molecular formula is C21H20N4O3. The Balaban J connectivity index is 1.51. The van der Waals surface area contributed by atoms with Crippen LogP contribution in [0.4, 0.5) is 5.69 Å². The SMILES string of the molecule is Cn1ccnc1C(=O)c1ccc(NC(=O)C(=O)NCCc2ccccc2)cc1. The van der Waals surface area contributed by atoms with Crippen LogP contribution in [-0.4, -0.2) is 33.7 Å². The van der Waals surface area contributed by atoms with E-state index in [-0.39, 0.29) is 5.78 Å². The number of aromatic nitrogens is 2. The minimum atomic E-state index is -0.753. The smallest absolute Gasteiger partial charge is 0.313 e. The van der Waals surface area contributed by atoms with Gasteiger partial charge in [0.15, 0.2) is 5.82 Å². The summed E-state index contributed by atoms with van der Waals surface area (Å²) >= 11 is 0. The Kier molecular flexibility index (Phi) is 5.96. The van der Waals surface area contributed by atoms with E-state index in [0.717, 1.165) is 5.56 Å². The van der Waals surface area contributed by atoms with Gasteiger partial charge < -0.3 is 15.2 Å². The number of amides is 2. The largest absolute Gasteiger partial charge is 0.347 e. The van der Waals surface area contributed by atoms with Crippen LogP contribution in [0.2, 0.25) is 0 Å². The van der Waals surface area contributed by atoms with Crippen molar-refractivity contribution < 1.29 is 14.4 Å². The standard InChI is InChI=1S/C21H20N4O3/c1-25-14-13-22-19(25)18(26)16-7-9-17(10-8-16)24-21(28)20(27)23-12-11-15-5-3-2-4-6-15/h2-10,13-14H,11-12H2,1H3,(H,23,27)(H,24,28). The lowest BCUT2D eigenvalue weighted by Gasteiger charge is -2.07. The molecule has 0 spiro atoms. The van der Waals surface area contributed by atoms with Crippen LogP contribution < -0.4 is 10.6 Å². The van der Waals surface area contributed by atoms with Crippen LogP contribution in [0.3, 0.4) is 0 Å². The number of rotatable bonds is 6. The van der Waals surface area contributed by atoms with E-state index in [1.165, 1.54) is 0 Å². The molecule has 1 heterocycles. The first kappa shape index (κ1) is 19.0. The fraction of sp³-hybridized carbons (Fsp3) is 0.143. The molecule has 0 bridgehead atoms. The van der Waals surface area contributed by atoms with Crippen molar-refractivity contribution in [3.63, 3.8) is 0 Å². The summed E-state index contributed by atoms with van der Waals surface area (Å²) in [5, 5.41) is 5.11. The van der Waals surface area contributed by atoms with Crippen molar-refractivity contribution in [2.24, 2.45) is 7.05 Å². The number of benzene rings is 2. The van der Waals surface area contributed by atoms with E-state index in [2.05, 4.69) is 15.6 Å². The van der Waals surface area contributed by atoms with E-state index in [9.17, 15) is 14.4 Å². The summed E-state index contributed by atoms with van der Waals surface area (Å²) in [6.07, 6.45) is 3.89. The molecule has 28 heavy (non-hydrogen) atoms. The van der Waals surface area contributed by atoms with Gasteiger partial charge >= 0.3 is 11.8 Å². The predicted octanol–water partition coefficient (Wildman–Crippen LogP) is 1.95. The minimum Gasteiger partial charge on any atom is -0.347 e. The number of hydrogen-bond donors (Lipinski definition) is 2. The molecule has 3 aromatic rings. The molecule has 7 heteroatoms. The number of anilines is 1. The lowest BCUT2D eigenvalue weighted by molar-refractivity contribution is -0.136. The Labute approximate surface area is 162 Å². The van der Waals surface area contributed by atoms with Gasteiger partial charge in [-0.2, -0.15) is 0 Å². The first-order chi connectivity index (χ1) is 13.5. The van der Waals surface area contributed by atoms with Crippen molar-refractivity contribution in [2.45, 2.75) is 6.42 Å². The van der Waals surface area contributed by atoms with E-state index in [1.54, 1.807) is 48.3 Å². The van der Waals surface area contributed by atoms with Crippen molar-refractivity contribution >= 4 is 23.3 Å². The molecule has 0 aliphatic carbocycles. The Hall–Kier alpha value is -3.74. The molecule has 0 saturated heterocycles. The quantitative estimate of drug-likeness (QED) is 0.508. The number of carbonyl (C=O) groups is 3. The average Bonchev–Trinajstić information content (AvgIpc) is 3.14. The van der Waals surface area contributed by atoms with Crippen LogP contribution in [0.15, 0.2) is 67.0 Å². The molecule has 3 rings (SSSR count). The number of aryl methyl sites for hydroxylation is 1. The molecule has 0 atom stereocenters. The van der Waals surface area contributed by atoms with Gasteiger partial charge in [0.2, 0.25) is 5.78 Å². The van der Waals surface area contributed by atoms with E-state index < -0.39 is 11.8 Å². The van der Waals surface area contributed by atoms with E-state index in [1.807, 2.05) is 30.3 Å². The first-order valence-electron chi connectivity index (χ1n) is 8.80. The molecule has 0 saturated carbocycles. The van der Waals surface area contributed by atoms with Crippen LogP contribution in [0.1, 0.15) is 21.7 Å². The molecule has 0 unspecified atom stereocenters. The van der Waals surface area contributed by atoms with Gasteiger partial charge in [-0.15, -0.1) is 0 Å². The normalized spacial score (nSPS) is 10.3. The highest BCUT2D eigenvalue weighted by Gasteiger charge is 2.15. The molecule has 1 aromatic heterocycles. The fourth-order valence-electron chi connectivity index (χ4n) is 2.65. The van der Waals surface area contributed by atoms with Gasteiger partial charge in [0.1, 0.15) is 0 Å². The number of imidazole rings is 1. The number of nitrogens with one attached hydrogen (secondary N) is 2. The summed E-state index contributed by atoms with van der Waals surface area (Å²) in [6.45, 7) is 0.368. The Bertz CT molecular complexity index is 978. The maximum absolute atomic E-state index is 12.4. The Morgan fingerprint density at radius 1 is 0.964 bits per heavy atom. The van der Waals surface area contributed by atoms with Crippen molar-refractivity contribution in [2.75, 3.05) is 11.9 Å². The van der Waals surface area contributed by atoms with Crippen molar-refractivity contribution in [1.29, 1.82) is 0 Å². The van der Waals surface area contributed by atoms with Crippen molar-refractivity contribution in [3.05, 3.63) is 83.9 Å². The third-order valence-corrected chi connectivity index (χ3v) is 4.18. The molecule has 2 aromatic carbocycles. The second-order valence-electron chi connectivity index (χ2n) is 6.21. The molecule has 0 radical (unpaired) electrons. The van der Waals surface area contributed by atoms with Gasteiger partial charge in [0.05, 0.1) is 0 Å². The molecule has 2 N–H and O–H groups in total. The molecular weight excluding hydrogens is 356 g/mol. The van der Waals surface area contributed by atoms with Crippen LogP contribution in [-0.2, 0) is 23.1 Å². The zero-order valence-electron chi connectivity index (χ0n) is 15.4. The highest BCUT2D eigenvalue weighted by molar-refractivity contribution is 6.39. The van der Waals surface area contributed by atoms with Crippen LogP contribution in [0, 0.1) is 0 Å². The maximum Gasteiger partial charge on any atom is 0.313 e. The van der Waals surface area contributed by atoms with Gasteiger partial charge in [-0.1, -0.05) is 30.3 Å². The lowest BCUT2D eigenvalue weighted by atomic mass is 10.1. The summed E-state index contributed by atoms with van der Waals surface area (Å²) < 4.78 is 1.64. The molecule has 7 nitrogen and oxygen atoms in total. The van der Waals surface area contributed by atoms with E-state index in [4.69, 9.17) is 0 Å². The van der Waals surface area contributed by atoms with Crippen LogP contribution in [0.5, 0.6) is 0 Å². The highest BCUT2D eigenvalue weighted by atomic mass is 16.2. The molecule has 2 amide bonds. The molecule has 0 fully saturated rings. The van der Waals surface area contributed by atoms with Gasteiger partial charge in [-0.05, 0) is 36.2 Å². The second-order valence-corrected chi connectivity index (χ2v) is 6.21. The van der Waals surface area contributed by atoms with Crippen molar-refractivity contribution in [3.8, 4) is 0 Å². The number of carbonyl (C=O) groups excluding carboxylic acids is 3. The Morgan fingerprint density at radius 2 is 1.68 bits per heavy atom. The van der Waals surface area contributed by atoms with E-state index in [0.29, 0.717) is 30.0 Å². The fourth-order valence-corrected chi connectivity index (χ4v) is 2.65. The van der Waals surface area contributed by atoms with Gasteiger partial charge in [0.25, 0.3) is 0 Å². The lowest BCUT2D eigenvalue weighted by Crippen LogP contribution is -2.36. The average molecular weight is 376 g/mol. The third kappa shape index (κ3) is 4.70. The minimum absolute atomic E-state index is 0.218. The maximum atomic E-state index is 12.4. The predicted molar refractivity (Wildman–Crippen MR) is 105 cm³/mol. The highest BCUT2D eigenvalue weighted by Crippen LogP contribution is 2.13. The summed E-state index contributed by atoms with van der Waals surface area (Å²) in [4.78, 5) is 40.3. The van der Waals surface area contributed by atoms with E-state index >= 15 is 0 Å². The third-order valence-electron chi connectivity index (χ3n) is 4.18. The van der Waals surface area contributed by atoms with Gasteiger partial charge in [0, 0.05) is 37.2 Å². The molecule has 0 aliphatic heterocycles. The second kappa shape index (κ2) is 8.77. The van der Waals surface area contributed by atoms with Crippen LogP contribution >= 0.6 is 0 Å². The van der Waals surface area contributed by atoms with Gasteiger partial charge in [-0.3, -0.25) is 14.4 Å². The molecule has 142 valence electrons. The summed E-state index contributed by atoms with van der Waals surface area (Å²) in [5.41, 5.74) is 1.95. The van der Waals surface area contributed by atoms with Gasteiger partial charge in [-0.25, -0.2) is 4.98 Å². The first-order valence-corrected chi connectivity index (χ1v) is 8.80. The topological polar surface area (TPSA) is 93.1 Å². The zero-order valence-corrected chi connectivity index (χ0v) is 15.4. The van der Waals surface area contributed by atoms with Crippen LogP contribution in [0.25, 0.3) is 0 Å². The monoisotopic (exact) mass is 376 g/mol. The summed E-state index contributed by atoms with van der Waals surface area (Å²) in [5.74, 6) is -1.35. The Morgan fingerprint density at radius 3 is 2.32 bits per heavy atom. The van der Waals surface area contributed by atoms with Crippen molar-refractivity contribution in [1.82, 2.24) is 14.9 Å². The molecule has 0 aliphatic rings. The number of ketones is 1. The summed E-state index contributed by atoms with van der Waals surface area (Å²) in [7, 11) is 1.74. The number of hydrogen-bond acceptors (Lipinski definition) is 4.